The van der Waals surface area contributed by atoms with E-state index < -0.39 is 0 Å². The number of rotatable bonds is 3. The lowest BCUT2D eigenvalue weighted by atomic mass is 10.0. The van der Waals surface area contributed by atoms with Crippen molar-refractivity contribution in [1.82, 2.24) is 9.78 Å². The van der Waals surface area contributed by atoms with Crippen molar-refractivity contribution in [3.8, 4) is 0 Å². The standard InChI is InChI=1S/C13H12BrFN2O/c1-8-12(7-16-17(8)2)13(18)5-9-3-10(14)6-11(15)4-9/h3-4,6-7H,5H2,1-2H3. The Morgan fingerprint density at radius 2 is 2.17 bits per heavy atom. The van der Waals surface area contributed by atoms with Crippen molar-refractivity contribution < 1.29 is 9.18 Å². The summed E-state index contributed by atoms with van der Waals surface area (Å²) >= 11 is 3.21. The fourth-order valence-electron chi connectivity index (χ4n) is 1.77. The quantitative estimate of drug-likeness (QED) is 0.817. The van der Waals surface area contributed by atoms with Gasteiger partial charge in [-0.25, -0.2) is 4.39 Å². The predicted octanol–water partition coefficient (Wildman–Crippen LogP) is 3.06. The van der Waals surface area contributed by atoms with E-state index in [1.165, 1.54) is 12.1 Å². The summed E-state index contributed by atoms with van der Waals surface area (Å²) in [5, 5.41) is 4.03. The van der Waals surface area contributed by atoms with Crippen LogP contribution >= 0.6 is 15.9 Å². The lowest BCUT2D eigenvalue weighted by molar-refractivity contribution is 0.0992. The molecule has 0 bridgehead atoms. The molecule has 0 atom stereocenters. The van der Waals surface area contributed by atoms with Gasteiger partial charge in [-0.05, 0) is 30.7 Å². The van der Waals surface area contributed by atoms with Crippen LogP contribution in [0.15, 0.2) is 28.9 Å². The number of Topliss-reactive ketones (excluding diaryl/α,β-unsaturated/α-hetero) is 1. The summed E-state index contributed by atoms with van der Waals surface area (Å²) < 4.78 is 15.5. The van der Waals surface area contributed by atoms with Crippen LogP contribution in [0.2, 0.25) is 0 Å². The number of benzene rings is 1. The van der Waals surface area contributed by atoms with Crippen LogP contribution in [0.25, 0.3) is 0 Å². The summed E-state index contributed by atoms with van der Waals surface area (Å²) in [4.78, 5) is 12.1. The molecule has 5 heteroatoms. The summed E-state index contributed by atoms with van der Waals surface area (Å²) in [7, 11) is 1.78. The van der Waals surface area contributed by atoms with Crippen LogP contribution in [0.5, 0.6) is 0 Å². The van der Waals surface area contributed by atoms with E-state index in [0.717, 1.165) is 5.69 Å². The zero-order valence-corrected chi connectivity index (χ0v) is 11.7. The number of aryl methyl sites for hydroxylation is 1. The Labute approximate surface area is 113 Å². The van der Waals surface area contributed by atoms with Gasteiger partial charge in [-0.15, -0.1) is 0 Å². The van der Waals surface area contributed by atoms with Crippen molar-refractivity contribution in [1.29, 1.82) is 0 Å². The third kappa shape index (κ3) is 2.67. The molecule has 1 aromatic heterocycles. The number of halogens is 2. The van der Waals surface area contributed by atoms with E-state index in [1.807, 2.05) is 6.92 Å². The van der Waals surface area contributed by atoms with Gasteiger partial charge in [0.25, 0.3) is 0 Å². The van der Waals surface area contributed by atoms with Crippen LogP contribution in [0.4, 0.5) is 4.39 Å². The number of hydrogen-bond donors (Lipinski definition) is 0. The number of aromatic nitrogens is 2. The third-order valence-electron chi connectivity index (χ3n) is 2.82. The second kappa shape index (κ2) is 5.02. The first kappa shape index (κ1) is 13.0. The van der Waals surface area contributed by atoms with E-state index in [2.05, 4.69) is 21.0 Å². The van der Waals surface area contributed by atoms with Crippen molar-refractivity contribution in [2.75, 3.05) is 0 Å². The maximum Gasteiger partial charge on any atom is 0.170 e. The smallest absolute Gasteiger partial charge is 0.170 e. The fourth-order valence-corrected chi connectivity index (χ4v) is 2.28. The maximum absolute atomic E-state index is 13.2. The van der Waals surface area contributed by atoms with Crippen molar-refractivity contribution >= 4 is 21.7 Å². The Balaban J connectivity index is 2.24. The lowest BCUT2D eigenvalue weighted by Crippen LogP contribution is -2.05. The van der Waals surface area contributed by atoms with E-state index in [0.29, 0.717) is 15.6 Å². The van der Waals surface area contributed by atoms with Crippen molar-refractivity contribution in [2.24, 2.45) is 7.05 Å². The SMILES string of the molecule is Cc1c(C(=O)Cc2cc(F)cc(Br)c2)cnn1C. The van der Waals surface area contributed by atoms with Crippen molar-refractivity contribution in [2.45, 2.75) is 13.3 Å². The van der Waals surface area contributed by atoms with Gasteiger partial charge in [0, 0.05) is 23.6 Å². The molecule has 0 fully saturated rings. The highest BCUT2D eigenvalue weighted by Crippen LogP contribution is 2.17. The molecule has 0 amide bonds. The van der Waals surface area contributed by atoms with Crippen LogP contribution in [0.3, 0.4) is 0 Å². The molecule has 0 spiro atoms. The molecule has 0 saturated carbocycles. The van der Waals surface area contributed by atoms with E-state index in [-0.39, 0.29) is 18.0 Å². The minimum Gasteiger partial charge on any atom is -0.294 e. The molecule has 0 aliphatic heterocycles. The van der Waals surface area contributed by atoms with Gasteiger partial charge in [-0.1, -0.05) is 15.9 Å². The molecule has 2 aromatic rings. The van der Waals surface area contributed by atoms with E-state index in [1.54, 1.807) is 24.0 Å². The Morgan fingerprint density at radius 3 is 2.72 bits per heavy atom. The molecule has 0 unspecified atom stereocenters. The highest BCUT2D eigenvalue weighted by molar-refractivity contribution is 9.10. The number of nitrogens with zero attached hydrogens (tertiary/aromatic N) is 2. The summed E-state index contributed by atoms with van der Waals surface area (Å²) in [6, 6.07) is 4.48. The minimum atomic E-state index is -0.352. The first-order valence-electron chi connectivity index (χ1n) is 5.44. The first-order valence-corrected chi connectivity index (χ1v) is 6.23. The summed E-state index contributed by atoms with van der Waals surface area (Å²) in [5.41, 5.74) is 2.04. The molecule has 1 aromatic carbocycles. The first-order chi connectivity index (χ1) is 8.47. The highest BCUT2D eigenvalue weighted by atomic mass is 79.9. The molecule has 0 aliphatic carbocycles. The molecule has 3 nitrogen and oxygen atoms in total. The molecular weight excluding hydrogens is 299 g/mol. The van der Waals surface area contributed by atoms with E-state index in [4.69, 9.17) is 0 Å². The zero-order valence-electron chi connectivity index (χ0n) is 10.1. The number of hydrogen-bond acceptors (Lipinski definition) is 2. The molecule has 0 saturated heterocycles. The molecule has 0 N–H and O–H groups in total. The average molecular weight is 311 g/mol. The molecular formula is C13H12BrFN2O. The van der Waals surface area contributed by atoms with E-state index in [9.17, 15) is 9.18 Å². The van der Waals surface area contributed by atoms with Gasteiger partial charge < -0.3 is 0 Å². The lowest BCUT2D eigenvalue weighted by Gasteiger charge is -2.02. The topological polar surface area (TPSA) is 34.9 Å². The van der Waals surface area contributed by atoms with Crippen LogP contribution in [-0.4, -0.2) is 15.6 Å². The minimum absolute atomic E-state index is 0.0573. The monoisotopic (exact) mass is 310 g/mol. The van der Waals surface area contributed by atoms with Gasteiger partial charge in [0.15, 0.2) is 5.78 Å². The largest absolute Gasteiger partial charge is 0.294 e. The summed E-state index contributed by atoms with van der Waals surface area (Å²) in [6.45, 7) is 1.84. The molecule has 1 heterocycles. The predicted molar refractivity (Wildman–Crippen MR) is 70.1 cm³/mol. The molecule has 2 rings (SSSR count). The van der Waals surface area contributed by atoms with Crippen LogP contribution < -0.4 is 0 Å². The summed E-state index contributed by atoms with van der Waals surface area (Å²) in [6.07, 6.45) is 1.72. The van der Waals surface area contributed by atoms with Gasteiger partial charge in [-0.3, -0.25) is 9.48 Å². The van der Waals surface area contributed by atoms with Crippen LogP contribution in [0.1, 0.15) is 21.6 Å². The Hall–Kier alpha value is -1.49. The normalized spacial score (nSPS) is 10.7. The van der Waals surface area contributed by atoms with E-state index >= 15 is 0 Å². The fraction of sp³-hybridized carbons (Fsp3) is 0.231. The second-order valence-corrected chi connectivity index (χ2v) is 5.06. The Kier molecular flexibility index (Phi) is 3.61. The van der Waals surface area contributed by atoms with Crippen LogP contribution in [0, 0.1) is 12.7 Å². The zero-order chi connectivity index (χ0) is 13.3. The van der Waals surface area contributed by atoms with Gasteiger partial charge in [-0.2, -0.15) is 5.10 Å². The number of carbonyl (C=O) groups excluding carboxylic acids is 1. The van der Waals surface area contributed by atoms with Crippen LogP contribution in [-0.2, 0) is 13.5 Å². The molecule has 0 aliphatic rings. The average Bonchev–Trinajstić information content (AvgIpc) is 2.58. The number of ketones is 1. The highest BCUT2D eigenvalue weighted by Gasteiger charge is 2.14. The Morgan fingerprint density at radius 1 is 1.44 bits per heavy atom. The van der Waals surface area contributed by atoms with Gasteiger partial charge >= 0.3 is 0 Å². The molecule has 0 radical (unpaired) electrons. The van der Waals surface area contributed by atoms with Gasteiger partial charge in [0.2, 0.25) is 0 Å². The number of carbonyl (C=O) groups is 1. The van der Waals surface area contributed by atoms with Gasteiger partial charge in [0.1, 0.15) is 5.82 Å². The molecule has 94 valence electrons. The maximum atomic E-state index is 13.2. The third-order valence-corrected chi connectivity index (χ3v) is 3.28. The van der Waals surface area contributed by atoms with Gasteiger partial charge in [0.05, 0.1) is 11.8 Å². The molecule has 18 heavy (non-hydrogen) atoms. The van der Waals surface area contributed by atoms with Crippen molar-refractivity contribution in [3.63, 3.8) is 0 Å². The van der Waals surface area contributed by atoms with Crippen molar-refractivity contribution in [3.05, 3.63) is 51.5 Å². The second-order valence-electron chi connectivity index (χ2n) is 4.14. The summed E-state index contributed by atoms with van der Waals surface area (Å²) in [5.74, 6) is -0.409. The Bertz CT molecular complexity index is 587.